The van der Waals surface area contributed by atoms with Crippen molar-refractivity contribution in [1.82, 2.24) is 0 Å². The van der Waals surface area contributed by atoms with Crippen LogP contribution in [0, 0.1) is 79.8 Å². The molecule has 4 aromatic rings. The molecule has 8 aliphatic rings. The summed E-state index contributed by atoms with van der Waals surface area (Å²) >= 11 is 0. The van der Waals surface area contributed by atoms with Crippen LogP contribution in [0.3, 0.4) is 0 Å². The molecular formula is C77H100O7. The highest BCUT2D eigenvalue weighted by molar-refractivity contribution is 6.09. The minimum absolute atomic E-state index is 0.0240. The Bertz CT molecular complexity index is 3070. The van der Waals surface area contributed by atoms with E-state index in [1.807, 2.05) is 36.4 Å². The van der Waals surface area contributed by atoms with Gasteiger partial charge in [-0.25, -0.2) is 4.79 Å². The molecule has 0 aromatic heterocycles. The number of carbonyl (C=O) groups is 5. The molecule has 84 heavy (non-hydrogen) atoms. The first-order valence-electron chi connectivity index (χ1n) is 31.9. The maximum absolute atomic E-state index is 12.7. The van der Waals surface area contributed by atoms with Crippen molar-refractivity contribution in [2.45, 2.75) is 187 Å². The topological polar surface area (TPSA) is 115 Å². The molecule has 8 aliphatic carbocycles. The van der Waals surface area contributed by atoms with Crippen LogP contribution >= 0.6 is 0 Å². The van der Waals surface area contributed by atoms with E-state index in [4.69, 9.17) is 4.74 Å². The third kappa shape index (κ3) is 11.4. The minimum Gasteiger partial charge on any atom is -0.507 e. The van der Waals surface area contributed by atoms with Crippen LogP contribution < -0.4 is 0 Å². The molecule has 450 valence electrons. The molecule has 7 heteroatoms. The summed E-state index contributed by atoms with van der Waals surface area (Å²) in [5.74, 6) is 3.61. The third-order valence-electron chi connectivity index (χ3n) is 24.3. The van der Waals surface area contributed by atoms with Crippen LogP contribution in [0.15, 0.2) is 126 Å². The first kappa shape index (κ1) is 64.1. The molecule has 0 amide bonds. The molecule has 0 spiro atoms. The zero-order valence-electron chi connectivity index (χ0n) is 53.8. The van der Waals surface area contributed by atoms with Crippen molar-refractivity contribution < 1.29 is 33.8 Å². The highest BCUT2D eigenvalue weighted by atomic mass is 16.5. The lowest BCUT2D eigenvalue weighted by Crippen LogP contribution is -2.32. The Labute approximate surface area is 505 Å². The number of carbonyl (C=O) groups excluding carboxylic acids is 5. The molecule has 0 saturated heterocycles. The number of Topliss-reactive ketones (excluding diaryl/α,β-unsaturated/α-hetero) is 4. The third-order valence-corrected chi connectivity index (χ3v) is 24.3. The van der Waals surface area contributed by atoms with Gasteiger partial charge in [0.25, 0.3) is 0 Å². The Balaban J connectivity index is 0.000000138. The summed E-state index contributed by atoms with van der Waals surface area (Å²) in [5.41, 5.74) is 8.34. The van der Waals surface area contributed by atoms with Crippen molar-refractivity contribution in [3.05, 3.63) is 154 Å². The average molecular weight is 1140 g/mol. The lowest BCUT2D eigenvalue weighted by atomic mass is 9.70. The Morgan fingerprint density at radius 3 is 1.24 bits per heavy atom. The Kier molecular flexibility index (Phi) is 18.6. The predicted octanol–water partition coefficient (Wildman–Crippen LogP) is 18.8. The zero-order chi connectivity index (χ0) is 61.4. The number of fused-ring (bicyclic) bond motifs is 8. The van der Waals surface area contributed by atoms with Gasteiger partial charge in [-0.05, 0) is 180 Å². The highest BCUT2D eigenvalue weighted by Crippen LogP contribution is 2.68. The molecule has 7 nitrogen and oxygen atoms in total. The number of aryl methyl sites for hydroxylation is 1. The van der Waals surface area contributed by atoms with Gasteiger partial charge >= 0.3 is 5.97 Å². The molecule has 1 N–H and O–H groups in total. The average Bonchev–Trinajstić information content (AvgIpc) is 1.68. The molecule has 12 rings (SSSR count). The van der Waals surface area contributed by atoms with Gasteiger partial charge in [-0.15, -0.1) is 0 Å². The van der Waals surface area contributed by atoms with Gasteiger partial charge in [-0.1, -0.05) is 219 Å². The van der Waals surface area contributed by atoms with E-state index in [1.165, 1.54) is 18.1 Å². The van der Waals surface area contributed by atoms with E-state index >= 15 is 0 Å². The second-order valence-electron chi connectivity index (χ2n) is 29.4. The number of aromatic hydroxyl groups is 1. The van der Waals surface area contributed by atoms with Crippen LogP contribution in [0.2, 0.25) is 0 Å². The van der Waals surface area contributed by atoms with Crippen molar-refractivity contribution in [1.29, 1.82) is 0 Å². The molecular weight excluding hydrogens is 1040 g/mol. The molecule has 9 atom stereocenters. The van der Waals surface area contributed by atoms with Gasteiger partial charge < -0.3 is 9.84 Å². The summed E-state index contributed by atoms with van der Waals surface area (Å²) in [4.78, 5) is 61.3. The zero-order valence-corrected chi connectivity index (χ0v) is 53.8. The summed E-state index contributed by atoms with van der Waals surface area (Å²) in [6, 6.07) is 35.3. The lowest BCUT2D eigenvalue weighted by Gasteiger charge is -2.32. The van der Waals surface area contributed by atoms with Crippen molar-refractivity contribution >= 4 is 47.3 Å². The normalized spacial score (nSPS) is 31.6. The number of ether oxygens (including phenoxy) is 1. The van der Waals surface area contributed by atoms with Crippen molar-refractivity contribution in [2.75, 3.05) is 6.61 Å². The first-order valence-corrected chi connectivity index (χ1v) is 31.9. The molecule has 8 bridgehead atoms. The lowest BCUT2D eigenvalue weighted by molar-refractivity contribution is -0.128. The van der Waals surface area contributed by atoms with Crippen LogP contribution in [0.5, 0.6) is 5.75 Å². The number of phenolic OH excluding ortho intramolecular Hbond substituents is 1. The van der Waals surface area contributed by atoms with E-state index in [0.29, 0.717) is 59.3 Å². The van der Waals surface area contributed by atoms with E-state index in [9.17, 15) is 29.1 Å². The van der Waals surface area contributed by atoms with Crippen LogP contribution in [0.25, 0.3) is 18.2 Å². The minimum atomic E-state index is -0.442. The second kappa shape index (κ2) is 24.4. The van der Waals surface area contributed by atoms with Gasteiger partial charge in [0, 0.05) is 28.1 Å². The monoisotopic (exact) mass is 1140 g/mol. The number of unbranched alkanes of at least 4 members (excludes halogenated alkanes) is 1. The maximum Gasteiger partial charge on any atom is 0.341 e. The predicted molar refractivity (Wildman–Crippen MR) is 343 cm³/mol. The molecule has 9 unspecified atom stereocenters. The Hall–Kier alpha value is -5.95. The smallest absolute Gasteiger partial charge is 0.341 e. The van der Waals surface area contributed by atoms with Crippen LogP contribution in [-0.2, 0) is 23.9 Å². The molecule has 8 saturated carbocycles. The van der Waals surface area contributed by atoms with E-state index < -0.39 is 5.97 Å². The van der Waals surface area contributed by atoms with E-state index in [-0.39, 0.29) is 54.6 Å². The molecule has 4 aromatic carbocycles. The van der Waals surface area contributed by atoms with Crippen molar-refractivity contribution in [3.63, 3.8) is 0 Å². The number of para-hydroxylation sites is 1. The SMILES string of the molecule is CC12CCC(C(=Cc3ccccc3)C1=O)C2(C)C.CC12CCC(C(=Cc3ccccc3)C1=O)C2(C)C.CC12CCC(CC1=O)C2(C)C.CCCCC(CC)COC(=O)c1ccccc1O.Cc1ccc(C=C2C(=O)C3(C)CCC2C3(C)C)cc1. The molecule has 0 aliphatic heterocycles. The highest BCUT2D eigenvalue weighted by Gasteiger charge is 2.66. The number of hydrogen-bond donors (Lipinski definition) is 1. The second-order valence-corrected chi connectivity index (χ2v) is 29.4. The quantitative estimate of drug-likeness (QED) is 0.124. The van der Waals surface area contributed by atoms with Gasteiger partial charge in [0.1, 0.15) is 17.1 Å². The van der Waals surface area contributed by atoms with Gasteiger partial charge in [-0.3, -0.25) is 19.2 Å². The summed E-state index contributed by atoms with van der Waals surface area (Å²) in [5, 5.41) is 9.54. The van der Waals surface area contributed by atoms with E-state index in [2.05, 4.69) is 171 Å². The van der Waals surface area contributed by atoms with E-state index in [1.54, 1.807) is 18.2 Å². The van der Waals surface area contributed by atoms with Gasteiger partial charge in [0.05, 0.1) is 6.61 Å². The summed E-state index contributed by atoms with van der Waals surface area (Å²) < 4.78 is 5.26. The number of phenols is 1. The van der Waals surface area contributed by atoms with Crippen LogP contribution in [0.1, 0.15) is 213 Å². The fourth-order valence-corrected chi connectivity index (χ4v) is 16.3. The van der Waals surface area contributed by atoms with Gasteiger partial charge in [0.15, 0.2) is 17.3 Å². The number of benzene rings is 4. The van der Waals surface area contributed by atoms with Gasteiger partial charge in [-0.2, -0.15) is 0 Å². The first-order chi connectivity index (χ1) is 39.5. The van der Waals surface area contributed by atoms with Crippen molar-refractivity contribution in [3.8, 4) is 5.75 Å². The van der Waals surface area contributed by atoms with Crippen molar-refractivity contribution in [2.24, 2.45) is 72.9 Å². The van der Waals surface area contributed by atoms with Gasteiger partial charge in [0.2, 0.25) is 0 Å². The number of allylic oxidation sites excluding steroid dienone is 3. The standard InChI is InChI=1S/C18H22O.2C17H20O.C15H22O3.C10H16O/c1-12-5-7-13(8-6-12)11-14-15-9-10-18(4,16(14)19)17(15,2)3;2*1-16(2)14-9-10-17(16,3)15(18)13(14)11-12-7-5-4-6-8-12;1-3-5-8-12(4-2)11-18-15(17)13-9-6-7-10-14(13)16;1-9(2)7-4-5-10(9,3)8(11)6-7/h5-8,11,15H,9-10H2,1-4H3;2*4-8,11,14H,9-10H2,1-3H3;6-7,9-10,12,16H,3-5,8,11H2,1-2H3;7H,4-6H2,1-3H3. The fraction of sp³-hybridized carbons (Fsp3) is 0.545. The van der Waals surface area contributed by atoms with Crippen LogP contribution in [0.4, 0.5) is 0 Å². The molecule has 0 heterocycles. The molecule has 8 fully saturated rings. The number of esters is 1. The van der Waals surface area contributed by atoms with Crippen LogP contribution in [-0.4, -0.2) is 40.8 Å². The number of rotatable bonds is 10. The summed E-state index contributed by atoms with van der Waals surface area (Å²) in [6.07, 6.45) is 20.6. The van der Waals surface area contributed by atoms with E-state index in [0.717, 1.165) is 110 Å². The Morgan fingerprint density at radius 1 is 0.524 bits per heavy atom. The maximum atomic E-state index is 12.7. The summed E-state index contributed by atoms with van der Waals surface area (Å²) in [7, 11) is 0. The molecule has 0 radical (unpaired) electrons. The number of ketones is 4. The number of hydrogen-bond acceptors (Lipinski definition) is 7. The largest absolute Gasteiger partial charge is 0.507 e. The fourth-order valence-electron chi connectivity index (χ4n) is 16.3. The summed E-state index contributed by atoms with van der Waals surface area (Å²) in [6.45, 7) is 33.5. The Morgan fingerprint density at radius 2 is 0.917 bits per heavy atom.